The Hall–Kier alpha value is -2.04. The molecule has 0 aromatic heterocycles. The first-order valence-electron chi connectivity index (χ1n) is 7.95. The van der Waals surface area contributed by atoms with Crippen molar-refractivity contribution in [2.45, 2.75) is 33.1 Å². The lowest BCUT2D eigenvalue weighted by atomic mass is 9.97. The van der Waals surface area contributed by atoms with Gasteiger partial charge in [0.25, 0.3) is 0 Å². The van der Waals surface area contributed by atoms with Crippen LogP contribution in [0.1, 0.15) is 32.3 Å². The molecule has 0 unspecified atom stereocenters. The molecule has 1 saturated heterocycles. The number of hydrogen-bond donors (Lipinski definition) is 1. The monoisotopic (exact) mass is 304 g/mol. The van der Waals surface area contributed by atoms with E-state index >= 15 is 0 Å². The predicted molar refractivity (Wildman–Crippen MR) is 85.8 cm³/mol. The van der Waals surface area contributed by atoms with Crippen molar-refractivity contribution in [3.8, 4) is 0 Å². The fourth-order valence-corrected chi connectivity index (χ4v) is 2.65. The van der Waals surface area contributed by atoms with Gasteiger partial charge in [-0.2, -0.15) is 0 Å². The Bertz CT molecular complexity index is 522. The van der Waals surface area contributed by atoms with Gasteiger partial charge >= 0.3 is 12.0 Å². The minimum absolute atomic E-state index is 0.0765. The molecule has 0 radical (unpaired) electrons. The predicted octanol–water partition coefficient (Wildman–Crippen LogP) is 3.06. The van der Waals surface area contributed by atoms with Crippen LogP contribution in [0.3, 0.4) is 0 Å². The van der Waals surface area contributed by atoms with Gasteiger partial charge in [0.15, 0.2) is 0 Å². The molecular weight excluding hydrogens is 280 g/mol. The quantitative estimate of drug-likeness (QED) is 0.870. The zero-order valence-electron chi connectivity index (χ0n) is 13.3. The van der Waals surface area contributed by atoms with Crippen molar-refractivity contribution in [1.29, 1.82) is 0 Å². The van der Waals surface area contributed by atoms with E-state index in [2.05, 4.69) is 12.2 Å². The number of amides is 2. The number of rotatable bonds is 4. The Balaban J connectivity index is 1.85. The third-order valence-electron chi connectivity index (χ3n) is 3.99. The molecule has 1 aromatic rings. The first-order valence-corrected chi connectivity index (χ1v) is 7.95. The number of nitrogens with zero attached hydrogens (tertiary/aromatic N) is 1. The van der Waals surface area contributed by atoms with Crippen LogP contribution in [0.2, 0.25) is 0 Å². The van der Waals surface area contributed by atoms with Gasteiger partial charge in [0, 0.05) is 18.8 Å². The van der Waals surface area contributed by atoms with Crippen molar-refractivity contribution in [2.24, 2.45) is 5.92 Å². The third-order valence-corrected chi connectivity index (χ3v) is 3.99. The van der Waals surface area contributed by atoms with E-state index in [-0.39, 0.29) is 17.9 Å². The Kier molecular flexibility index (Phi) is 5.81. The van der Waals surface area contributed by atoms with Gasteiger partial charge in [0.05, 0.1) is 12.5 Å². The molecule has 1 aromatic carbocycles. The highest BCUT2D eigenvalue weighted by Gasteiger charge is 2.28. The van der Waals surface area contributed by atoms with Gasteiger partial charge < -0.3 is 15.0 Å². The molecule has 5 heteroatoms. The fraction of sp³-hybridized carbons (Fsp3) is 0.529. The molecule has 1 fully saturated rings. The molecule has 0 saturated carbocycles. The van der Waals surface area contributed by atoms with Crippen LogP contribution in [0, 0.1) is 5.92 Å². The summed E-state index contributed by atoms with van der Waals surface area (Å²) in [6.07, 6.45) is 2.27. The number of nitrogens with one attached hydrogen (secondary N) is 1. The van der Waals surface area contributed by atoms with Gasteiger partial charge in [-0.3, -0.25) is 4.79 Å². The summed E-state index contributed by atoms with van der Waals surface area (Å²) in [5, 5.41) is 2.93. The molecule has 5 nitrogen and oxygen atoms in total. The molecule has 0 bridgehead atoms. The van der Waals surface area contributed by atoms with E-state index in [9.17, 15) is 9.59 Å². The lowest BCUT2D eigenvalue weighted by Gasteiger charge is -2.30. The van der Waals surface area contributed by atoms with Crippen LogP contribution in [0.15, 0.2) is 24.3 Å². The topological polar surface area (TPSA) is 58.6 Å². The minimum Gasteiger partial charge on any atom is -0.466 e. The number of hydrogen-bond acceptors (Lipinski definition) is 3. The SMILES string of the molecule is CCOC(=O)C1CCN(C(=O)Nc2cccc(CC)c2)CC1. The summed E-state index contributed by atoms with van der Waals surface area (Å²) < 4.78 is 5.04. The molecule has 1 aliphatic rings. The molecule has 120 valence electrons. The largest absolute Gasteiger partial charge is 0.466 e. The molecule has 0 atom stereocenters. The van der Waals surface area contributed by atoms with E-state index in [0.717, 1.165) is 12.1 Å². The van der Waals surface area contributed by atoms with Gasteiger partial charge in [-0.1, -0.05) is 19.1 Å². The summed E-state index contributed by atoms with van der Waals surface area (Å²) in [6, 6.07) is 7.77. The highest BCUT2D eigenvalue weighted by molar-refractivity contribution is 5.89. The first-order chi connectivity index (χ1) is 10.6. The van der Waals surface area contributed by atoms with Crippen molar-refractivity contribution in [1.82, 2.24) is 4.90 Å². The number of esters is 1. The van der Waals surface area contributed by atoms with Gasteiger partial charge in [0.2, 0.25) is 0 Å². The second kappa shape index (κ2) is 7.82. The van der Waals surface area contributed by atoms with Gasteiger partial charge in [-0.15, -0.1) is 0 Å². The van der Waals surface area contributed by atoms with Crippen LogP contribution in [-0.2, 0) is 16.0 Å². The maximum absolute atomic E-state index is 12.3. The summed E-state index contributed by atoms with van der Waals surface area (Å²) >= 11 is 0. The number of piperidine rings is 1. The second-order valence-electron chi connectivity index (χ2n) is 5.50. The lowest BCUT2D eigenvalue weighted by molar-refractivity contribution is -0.149. The highest BCUT2D eigenvalue weighted by atomic mass is 16.5. The van der Waals surface area contributed by atoms with E-state index in [1.807, 2.05) is 31.2 Å². The van der Waals surface area contributed by atoms with E-state index in [1.54, 1.807) is 4.90 Å². The Labute approximate surface area is 131 Å². The zero-order chi connectivity index (χ0) is 15.9. The third kappa shape index (κ3) is 4.23. The molecule has 1 heterocycles. The number of anilines is 1. The number of carbonyl (C=O) groups is 2. The van der Waals surface area contributed by atoms with E-state index < -0.39 is 0 Å². The average Bonchev–Trinajstić information content (AvgIpc) is 2.55. The zero-order valence-corrected chi connectivity index (χ0v) is 13.3. The van der Waals surface area contributed by atoms with Crippen molar-refractivity contribution in [2.75, 3.05) is 25.0 Å². The Morgan fingerprint density at radius 1 is 1.27 bits per heavy atom. The van der Waals surface area contributed by atoms with E-state index in [4.69, 9.17) is 4.74 Å². The molecule has 0 spiro atoms. The summed E-state index contributed by atoms with van der Waals surface area (Å²) in [5.74, 6) is -0.217. The summed E-state index contributed by atoms with van der Waals surface area (Å²) in [4.78, 5) is 25.7. The molecule has 1 aliphatic heterocycles. The van der Waals surface area contributed by atoms with Crippen LogP contribution in [0.5, 0.6) is 0 Å². The smallest absolute Gasteiger partial charge is 0.321 e. The first kappa shape index (κ1) is 16.3. The summed E-state index contributed by atoms with van der Waals surface area (Å²) in [6.45, 7) is 5.48. The van der Waals surface area contributed by atoms with Gasteiger partial charge in [-0.25, -0.2) is 4.79 Å². The average molecular weight is 304 g/mol. The fourth-order valence-electron chi connectivity index (χ4n) is 2.65. The summed E-state index contributed by atoms with van der Waals surface area (Å²) in [7, 11) is 0. The molecular formula is C17H24N2O3. The van der Waals surface area contributed by atoms with Gasteiger partial charge in [0.1, 0.15) is 0 Å². The maximum Gasteiger partial charge on any atom is 0.321 e. The van der Waals surface area contributed by atoms with Crippen molar-refractivity contribution in [3.05, 3.63) is 29.8 Å². The number of carbonyl (C=O) groups excluding carboxylic acids is 2. The van der Waals surface area contributed by atoms with Crippen LogP contribution >= 0.6 is 0 Å². The van der Waals surface area contributed by atoms with Crippen molar-refractivity contribution in [3.63, 3.8) is 0 Å². The lowest BCUT2D eigenvalue weighted by Crippen LogP contribution is -2.42. The van der Waals surface area contributed by atoms with Crippen LogP contribution in [0.4, 0.5) is 10.5 Å². The van der Waals surface area contributed by atoms with Crippen LogP contribution in [-0.4, -0.2) is 36.6 Å². The Morgan fingerprint density at radius 3 is 2.64 bits per heavy atom. The molecule has 0 aliphatic carbocycles. The van der Waals surface area contributed by atoms with E-state index in [1.165, 1.54) is 5.56 Å². The Morgan fingerprint density at radius 2 is 2.00 bits per heavy atom. The van der Waals surface area contributed by atoms with Gasteiger partial charge in [-0.05, 0) is 43.9 Å². The maximum atomic E-state index is 12.3. The highest BCUT2D eigenvalue weighted by Crippen LogP contribution is 2.20. The number of aryl methyl sites for hydroxylation is 1. The normalized spacial score (nSPS) is 15.5. The molecule has 2 amide bonds. The van der Waals surface area contributed by atoms with E-state index in [0.29, 0.717) is 32.5 Å². The van der Waals surface area contributed by atoms with Crippen molar-refractivity contribution >= 4 is 17.7 Å². The standard InChI is InChI=1S/C17H24N2O3/c1-3-13-6-5-7-15(12-13)18-17(21)19-10-8-14(9-11-19)16(20)22-4-2/h5-7,12,14H,3-4,8-11H2,1-2H3,(H,18,21). The minimum atomic E-state index is -0.141. The number of benzene rings is 1. The molecule has 1 N–H and O–H groups in total. The second-order valence-corrected chi connectivity index (χ2v) is 5.50. The summed E-state index contributed by atoms with van der Waals surface area (Å²) in [5.41, 5.74) is 2.01. The van der Waals surface area contributed by atoms with Crippen LogP contribution < -0.4 is 5.32 Å². The number of likely N-dealkylation sites (tertiary alicyclic amines) is 1. The van der Waals surface area contributed by atoms with Crippen molar-refractivity contribution < 1.29 is 14.3 Å². The molecule has 22 heavy (non-hydrogen) atoms. The number of ether oxygens (including phenoxy) is 1. The molecule has 2 rings (SSSR count). The van der Waals surface area contributed by atoms with Crippen LogP contribution in [0.25, 0.3) is 0 Å². The number of urea groups is 1.